The van der Waals surface area contributed by atoms with Crippen LogP contribution in [0.1, 0.15) is 38.7 Å². The Morgan fingerprint density at radius 2 is 2.19 bits per heavy atom. The van der Waals surface area contributed by atoms with Crippen molar-refractivity contribution in [3.05, 3.63) is 29.8 Å². The molecule has 1 heterocycles. The summed E-state index contributed by atoms with van der Waals surface area (Å²) >= 11 is 0. The second kappa shape index (κ2) is 5.98. The van der Waals surface area contributed by atoms with Crippen LogP contribution in [-0.4, -0.2) is 36.7 Å². The average molecular weight is 288 g/mol. The van der Waals surface area contributed by atoms with E-state index in [9.17, 15) is 0 Å². The first-order valence-electron chi connectivity index (χ1n) is 8.26. The summed E-state index contributed by atoms with van der Waals surface area (Å²) < 4.78 is 5.36. The molecule has 0 bridgehead atoms. The standard InChI is InChI=1S/C18H28N2O/c1-4-18(2)13-19-17(15-8-9-15)12-20(18)11-14-6-5-7-16(10-14)21-3/h5-7,10,15,17,19H,4,8-9,11-13H2,1-3H3. The van der Waals surface area contributed by atoms with Gasteiger partial charge >= 0.3 is 0 Å². The van der Waals surface area contributed by atoms with E-state index >= 15 is 0 Å². The number of benzene rings is 1. The summed E-state index contributed by atoms with van der Waals surface area (Å²) in [6.07, 6.45) is 4.00. The maximum absolute atomic E-state index is 5.36. The van der Waals surface area contributed by atoms with Gasteiger partial charge in [-0.1, -0.05) is 19.1 Å². The summed E-state index contributed by atoms with van der Waals surface area (Å²) in [6.45, 7) is 7.99. The summed E-state index contributed by atoms with van der Waals surface area (Å²) in [7, 11) is 1.74. The summed E-state index contributed by atoms with van der Waals surface area (Å²) in [5.41, 5.74) is 1.61. The fourth-order valence-electron chi connectivity index (χ4n) is 3.39. The Balaban J connectivity index is 1.74. The number of hydrogen-bond donors (Lipinski definition) is 1. The van der Waals surface area contributed by atoms with E-state index in [1.54, 1.807) is 7.11 Å². The quantitative estimate of drug-likeness (QED) is 0.901. The fraction of sp³-hybridized carbons (Fsp3) is 0.667. The number of nitrogens with zero attached hydrogens (tertiary/aromatic N) is 1. The van der Waals surface area contributed by atoms with Crippen LogP contribution >= 0.6 is 0 Å². The van der Waals surface area contributed by atoms with Gasteiger partial charge in [-0.3, -0.25) is 4.90 Å². The molecular formula is C18H28N2O. The van der Waals surface area contributed by atoms with Gasteiger partial charge in [-0.05, 0) is 49.8 Å². The predicted octanol–water partition coefficient (Wildman–Crippen LogP) is 3.05. The molecule has 1 saturated heterocycles. The van der Waals surface area contributed by atoms with Gasteiger partial charge in [0.1, 0.15) is 5.75 Å². The molecule has 0 spiro atoms. The largest absolute Gasteiger partial charge is 0.497 e. The number of nitrogens with one attached hydrogen (secondary N) is 1. The van der Waals surface area contributed by atoms with Gasteiger partial charge in [0.2, 0.25) is 0 Å². The monoisotopic (exact) mass is 288 g/mol. The lowest BCUT2D eigenvalue weighted by molar-refractivity contribution is 0.0369. The Hall–Kier alpha value is -1.06. The third kappa shape index (κ3) is 3.24. The molecule has 2 aliphatic rings. The number of piperazine rings is 1. The van der Waals surface area contributed by atoms with Crippen LogP contribution in [0.2, 0.25) is 0 Å². The van der Waals surface area contributed by atoms with Crippen LogP contribution in [0.3, 0.4) is 0 Å². The van der Waals surface area contributed by atoms with Crippen molar-refractivity contribution >= 4 is 0 Å². The zero-order chi connectivity index (χ0) is 14.9. The molecule has 1 aromatic carbocycles. The summed E-state index contributed by atoms with van der Waals surface area (Å²) in [4.78, 5) is 2.68. The maximum atomic E-state index is 5.36. The normalized spacial score (nSPS) is 30.3. The van der Waals surface area contributed by atoms with Crippen molar-refractivity contribution in [3.63, 3.8) is 0 Å². The Kier molecular flexibility index (Phi) is 4.23. The first-order valence-corrected chi connectivity index (χ1v) is 8.26. The SMILES string of the molecule is CCC1(C)CNC(C2CC2)CN1Cc1cccc(OC)c1. The predicted molar refractivity (Wildman–Crippen MR) is 86.6 cm³/mol. The molecule has 1 aliphatic carbocycles. The highest BCUT2D eigenvalue weighted by Gasteiger charge is 2.41. The van der Waals surface area contributed by atoms with E-state index in [2.05, 4.69) is 42.3 Å². The van der Waals surface area contributed by atoms with Gasteiger partial charge in [0.05, 0.1) is 7.11 Å². The van der Waals surface area contributed by atoms with Gasteiger partial charge in [-0.2, -0.15) is 0 Å². The van der Waals surface area contributed by atoms with Crippen LogP contribution in [0.5, 0.6) is 5.75 Å². The van der Waals surface area contributed by atoms with E-state index in [0.717, 1.165) is 24.8 Å². The third-order valence-corrected chi connectivity index (χ3v) is 5.39. The minimum Gasteiger partial charge on any atom is -0.497 e. The molecule has 21 heavy (non-hydrogen) atoms. The fourth-order valence-corrected chi connectivity index (χ4v) is 3.39. The van der Waals surface area contributed by atoms with E-state index in [-0.39, 0.29) is 5.54 Å². The molecule has 1 N–H and O–H groups in total. The molecule has 0 radical (unpaired) electrons. The van der Waals surface area contributed by atoms with Crippen molar-refractivity contribution in [1.29, 1.82) is 0 Å². The number of ether oxygens (including phenoxy) is 1. The first kappa shape index (κ1) is 14.9. The van der Waals surface area contributed by atoms with E-state index in [1.165, 1.54) is 31.4 Å². The second-order valence-corrected chi connectivity index (χ2v) is 6.91. The maximum Gasteiger partial charge on any atom is 0.119 e. The smallest absolute Gasteiger partial charge is 0.119 e. The van der Waals surface area contributed by atoms with Gasteiger partial charge < -0.3 is 10.1 Å². The summed E-state index contributed by atoms with van der Waals surface area (Å²) in [5.74, 6) is 1.87. The molecule has 0 amide bonds. The molecule has 116 valence electrons. The van der Waals surface area contributed by atoms with Crippen molar-refractivity contribution < 1.29 is 4.74 Å². The minimum atomic E-state index is 0.258. The van der Waals surface area contributed by atoms with Gasteiger partial charge in [0, 0.05) is 31.2 Å². The summed E-state index contributed by atoms with van der Waals surface area (Å²) in [6, 6.07) is 9.19. The van der Waals surface area contributed by atoms with Crippen molar-refractivity contribution in [3.8, 4) is 5.75 Å². The van der Waals surface area contributed by atoms with Crippen LogP contribution in [0, 0.1) is 5.92 Å². The van der Waals surface area contributed by atoms with E-state index in [4.69, 9.17) is 4.74 Å². The van der Waals surface area contributed by atoms with Crippen molar-refractivity contribution in [2.24, 2.45) is 5.92 Å². The van der Waals surface area contributed by atoms with Crippen LogP contribution in [0.25, 0.3) is 0 Å². The lowest BCUT2D eigenvalue weighted by Gasteiger charge is -2.48. The third-order valence-electron chi connectivity index (χ3n) is 5.39. The Bertz CT molecular complexity index is 486. The molecule has 0 aromatic heterocycles. The second-order valence-electron chi connectivity index (χ2n) is 6.91. The highest BCUT2D eigenvalue weighted by atomic mass is 16.5. The molecule has 1 aromatic rings. The molecule has 3 rings (SSSR count). The number of rotatable bonds is 5. The first-order chi connectivity index (χ1) is 10.1. The van der Waals surface area contributed by atoms with E-state index < -0.39 is 0 Å². The summed E-state index contributed by atoms with van der Waals surface area (Å²) in [5, 5.41) is 3.79. The Morgan fingerprint density at radius 1 is 1.38 bits per heavy atom. The van der Waals surface area contributed by atoms with Crippen LogP contribution in [0.15, 0.2) is 24.3 Å². The van der Waals surface area contributed by atoms with E-state index in [0.29, 0.717) is 6.04 Å². The molecule has 1 aliphatic heterocycles. The highest BCUT2D eigenvalue weighted by molar-refractivity contribution is 5.28. The van der Waals surface area contributed by atoms with Gasteiger partial charge in [0.25, 0.3) is 0 Å². The van der Waals surface area contributed by atoms with Gasteiger partial charge in [-0.15, -0.1) is 0 Å². The average Bonchev–Trinajstić information content (AvgIpc) is 3.34. The molecule has 3 nitrogen and oxygen atoms in total. The topological polar surface area (TPSA) is 24.5 Å². The lowest BCUT2D eigenvalue weighted by Crippen LogP contribution is -2.63. The molecule has 2 fully saturated rings. The molecule has 2 unspecified atom stereocenters. The van der Waals surface area contributed by atoms with Crippen LogP contribution in [0.4, 0.5) is 0 Å². The van der Waals surface area contributed by atoms with Crippen molar-refractivity contribution in [1.82, 2.24) is 10.2 Å². The van der Waals surface area contributed by atoms with E-state index in [1.807, 2.05) is 6.07 Å². The Labute approximate surface area is 128 Å². The Morgan fingerprint density at radius 3 is 2.86 bits per heavy atom. The molecular weight excluding hydrogens is 260 g/mol. The molecule has 1 saturated carbocycles. The zero-order valence-electron chi connectivity index (χ0n) is 13.6. The minimum absolute atomic E-state index is 0.258. The number of methoxy groups -OCH3 is 1. The van der Waals surface area contributed by atoms with Crippen LogP contribution < -0.4 is 10.1 Å². The zero-order valence-corrected chi connectivity index (χ0v) is 13.6. The lowest BCUT2D eigenvalue weighted by atomic mass is 9.90. The van der Waals surface area contributed by atoms with Crippen LogP contribution in [-0.2, 0) is 6.54 Å². The molecule has 3 heteroatoms. The van der Waals surface area contributed by atoms with Crippen molar-refractivity contribution in [2.45, 2.75) is 51.2 Å². The van der Waals surface area contributed by atoms with Gasteiger partial charge in [0.15, 0.2) is 0 Å². The number of hydrogen-bond acceptors (Lipinski definition) is 3. The van der Waals surface area contributed by atoms with Gasteiger partial charge in [-0.25, -0.2) is 0 Å². The molecule has 2 atom stereocenters. The van der Waals surface area contributed by atoms with Crippen molar-refractivity contribution in [2.75, 3.05) is 20.2 Å². The highest BCUT2D eigenvalue weighted by Crippen LogP contribution is 2.36.